The van der Waals surface area contributed by atoms with Crippen LogP contribution in [0.5, 0.6) is 0 Å². The van der Waals surface area contributed by atoms with E-state index in [0.29, 0.717) is 30.8 Å². The molecule has 0 aromatic carbocycles. The summed E-state index contributed by atoms with van der Waals surface area (Å²) >= 11 is 0. The number of carbonyl (C=O) groups excluding carboxylic acids is 1. The maximum atomic E-state index is 11.7. The first-order chi connectivity index (χ1) is 9.51. The quantitative estimate of drug-likeness (QED) is 0.436. The van der Waals surface area contributed by atoms with Gasteiger partial charge >= 0.3 is 5.97 Å². The molecule has 0 aliphatic carbocycles. The van der Waals surface area contributed by atoms with E-state index in [1.54, 1.807) is 0 Å². The van der Waals surface area contributed by atoms with E-state index in [0.717, 1.165) is 12.8 Å². The fourth-order valence-corrected chi connectivity index (χ4v) is 2.59. The van der Waals surface area contributed by atoms with Crippen molar-refractivity contribution in [1.29, 1.82) is 0 Å². The van der Waals surface area contributed by atoms with E-state index in [4.69, 9.17) is 4.74 Å². The van der Waals surface area contributed by atoms with Crippen LogP contribution in [-0.2, 0) is 9.53 Å². The summed E-state index contributed by atoms with van der Waals surface area (Å²) < 4.78 is 5.50. The average molecular weight is 284 g/mol. The van der Waals surface area contributed by atoms with Gasteiger partial charge in [-0.3, -0.25) is 4.79 Å². The van der Waals surface area contributed by atoms with Crippen LogP contribution in [0.1, 0.15) is 86.0 Å². The van der Waals surface area contributed by atoms with Crippen molar-refractivity contribution >= 4 is 5.97 Å². The summed E-state index contributed by atoms with van der Waals surface area (Å²) in [6.45, 7) is 11.8. The predicted octanol–water partition coefficient (Wildman–Crippen LogP) is 5.60. The van der Waals surface area contributed by atoms with E-state index in [9.17, 15) is 4.79 Å². The van der Waals surface area contributed by atoms with Gasteiger partial charge in [-0.05, 0) is 30.6 Å². The van der Waals surface area contributed by atoms with Crippen LogP contribution in [0.25, 0.3) is 0 Å². The molecule has 0 saturated heterocycles. The lowest BCUT2D eigenvalue weighted by molar-refractivity contribution is -0.145. The van der Waals surface area contributed by atoms with Gasteiger partial charge in [0.1, 0.15) is 0 Å². The number of ether oxygens (including phenoxy) is 1. The van der Waals surface area contributed by atoms with Crippen molar-refractivity contribution in [2.75, 3.05) is 6.61 Å². The lowest BCUT2D eigenvalue weighted by atomic mass is 9.87. The molecule has 0 heterocycles. The normalized spacial score (nSPS) is 14.3. The van der Waals surface area contributed by atoms with Gasteiger partial charge in [0.15, 0.2) is 0 Å². The number of esters is 1. The zero-order valence-corrected chi connectivity index (χ0v) is 14.4. The Morgan fingerprint density at radius 1 is 0.950 bits per heavy atom. The van der Waals surface area contributed by atoms with Gasteiger partial charge in [-0.2, -0.15) is 0 Å². The molecule has 2 heteroatoms. The maximum Gasteiger partial charge on any atom is 0.305 e. The van der Waals surface area contributed by atoms with Crippen LogP contribution in [0.2, 0.25) is 0 Å². The molecule has 0 aliphatic heterocycles. The van der Waals surface area contributed by atoms with Crippen molar-refractivity contribution in [3.8, 4) is 0 Å². The largest absolute Gasteiger partial charge is 0.465 e. The first-order valence-corrected chi connectivity index (χ1v) is 8.66. The van der Waals surface area contributed by atoms with Crippen molar-refractivity contribution in [2.24, 2.45) is 17.8 Å². The second-order valence-electron chi connectivity index (χ2n) is 6.64. The van der Waals surface area contributed by atoms with Gasteiger partial charge in [0, 0.05) is 6.42 Å². The van der Waals surface area contributed by atoms with E-state index >= 15 is 0 Å². The molecule has 0 radical (unpaired) electrons. The van der Waals surface area contributed by atoms with E-state index < -0.39 is 0 Å². The van der Waals surface area contributed by atoms with Gasteiger partial charge in [0.05, 0.1) is 6.61 Å². The summed E-state index contributed by atoms with van der Waals surface area (Å²) in [5.41, 5.74) is 0. The number of carbonyl (C=O) groups is 1. The van der Waals surface area contributed by atoms with Gasteiger partial charge in [-0.25, -0.2) is 0 Å². The van der Waals surface area contributed by atoms with Crippen LogP contribution in [0.15, 0.2) is 0 Å². The molecule has 0 rings (SSSR count). The van der Waals surface area contributed by atoms with E-state index in [1.807, 2.05) is 0 Å². The average Bonchev–Trinajstić information content (AvgIpc) is 2.40. The number of unbranched alkanes of at least 4 members (excludes halogenated alkanes) is 1. The molecule has 0 aromatic heterocycles. The Bertz CT molecular complexity index is 236. The molecule has 0 amide bonds. The van der Waals surface area contributed by atoms with Crippen molar-refractivity contribution in [1.82, 2.24) is 0 Å². The minimum absolute atomic E-state index is 0.00514. The molecule has 0 saturated carbocycles. The second kappa shape index (κ2) is 12.2. The van der Waals surface area contributed by atoms with Gasteiger partial charge < -0.3 is 4.74 Å². The molecule has 2 unspecified atom stereocenters. The summed E-state index contributed by atoms with van der Waals surface area (Å²) in [5, 5.41) is 0. The Morgan fingerprint density at radius 3 is 2.20 bits per heavy atom. The monoisotopic (exact) mass is 284 g/mol. The first kappa shape index (κ1) is 19.5. The van der Waals surface area contributed by atoms with Gasteiger partial charge in [-0.1, -0.05) is 66.7 Å². The molecule has 0 fully saturated rings. The number of hydrogen-bond donors (Lipinski definition) is 0. The van der Waals surface area contributed by atoms with Crippen LogP contribution >= 0.6 is 0 Å². The third-order valence-electron chi connectivity index (χ3n) is 4.10. The Balaban J connectivity index is 3.96. The fourth-order valence-electron chi connectivity index (χ4n) is 2.59. The zero-order valence-electron chi connectivity index (χ0n) is 14.4. The highest BCUT2D eigenvalue weighted by Gasteiger charge is 2.18. The lowest BCUT2D eigenvalue weighted by Crippen LogP contribution is -2.20. The molecule has 120 valence electrons. The maximum absolute atomic E-state index is 11.7. The topological polar surface area (TPSA) is 26.3 Å². The van der Waals surface area contributed by atoms with E-state index in [2.05, 4.69) is 34.6 Å². The SMILES string of the molecule is CCCCC(C)C(CCC)COC(=O)CCCC(C)C. The summed E-state index contributed by atoms with van der Waals surface area (Å²) in [6, 6.07) is 0. The minimum Gasteiger partial charge on any atom is -0.465 e. The van der Waals surface area contributed by atoms with Crippen LogP contribution in [0.4, 0.5) is 0 Å². The fraction of sp³-hybridized carbons (Fsp3) is 0.944. The summed E-state index contributed by atoms with van der Waals surface area (Å²) in [4.78, 5) is 11.7. The van der Waals surface area contributed by atoms with Crippen molar-refractivity contribution < 1.29 is 9.53 Å². The molecule has 2 nitrogen and oxygen atoms in total. The van der Waals surface area contributed by atoms with Crippen molar-refractivity contribution in [2.45, 2.75) is 86.0 Å². The van der Waals surface area contributed by atoms with Gasteiger partial charge in [0.25, 0.3) is 0 Å². The number of hydrogen-bond acceptors (Lipinski definition) is 2. The van der Waals surface area contributed by atoms with Crippen LogP contribution < -0.4 is 0 Å². The van der Waals surface area contributed by atoms with E-state index in [-0.39, 0.29) is 5.97 Å². The van der Waals surface area contributed by atoms with Crippen LogP contribution in [0.3, 0.4) is 0 Å². The highest BCUT2D eigenvalue weighted by molar-refractivity contribution is 5.69. The molecule has 2 atom stereocenters. The Kier molecular flexibility index (Phi) is 11.9. The highest BCUT2D eigenvalue weighted by Crippen LogP contribution is 2.23. The zero-order chi connectivity index (χ0) is 15.4. The molecule has 20 heavy (non-hydrogen) atoms. The van der Waals surface area contributed by atoms with E-state index in [1.165, 1.54) is 32.1 Å². The third kappa shape index (κ3) is 10.3. The lowest BCUT2D eigenvalue weighted by Gasteiger charge is -2.23. The van der Waals surface area contributed by atoms with Crippen LogP contribution in [0, 0.1) is 17.8 Å². The van der Waals surface area contributed by atoms with Crippen LogP contribution in [-0.4, -0.2) is 12.6 Å². The molecule has 0 aromatic rings. The third-order valence-corrected chi connectivity index (χ3v) is 4.10. The second-order valence-corrected chi connectivity index (χ2v) is 6.64. The minimum atomic E-state index is -0.00514. The molecular formula is C18H36O2. The van der Waals surface area contributed by atoms with Gasteiger partial charge in [0.2, 0.25) is 0 Å². The standard InChI is InChI=1S/C18H36O2/c1-6-8-12-16(5)17(10-7-2)14-20-18(19)13-9-11-15(3)4/h15-17H,6-14H2,1-5H3. The number of rotatable bonds is 12. The molecule has 0 N–H and O–H groups in total. The molecule has 0 bridgehead atoms. The molecule has 0 aliphatic rings. The summed E-state index contributed by atoms with van der Waals surface area (Å²) in [5.74, 6) is 1.87. The summed E-state index contributed by atoms with van der Waals surface area (Å²) in [6.07, 6.45) is 8.78. The molecular weight excluding hydrogens is 248 g/mol. The Labute approximate surface area is 126 Å². The van der Waals surface area contributed by atoms with Crippen molar-refractivity contribution in [3.05, 3.63) is 0 Å². The summed E-state index contributed by atoms with van der Waals surface area (Å²) in [7, 11) is 0. The Hall–Kier alpha value is -0.530. The smallest absolute Gasteiger partial charge is 0.305 e. The first-order valence-electron chi connectivity index (χ1n) is 8.66. The Morgan fingerprint density at radius 2 is 1.65 bits per heavy atom. The molecule has 0 spiro atoms. The predicted molar refractivity (Wildman–Crippen MR) is 86.7 cm³/mol. The highest BCUT2D eigenvalue weighted by atomic mass is 16.5. The van der Waals surface area contributed by atoms with Crippen molar-refractivity contribution in [3.63, 3.8) is 0 Å². The van der Waals surface area contributed by atoms with Gasteiger partial charge in [-0.15, -0.1) is 0 Å².